The Kier molecular flexibility index (Phi) is 7.02. The summed E-state index contributed by atoms with van der Waals surface area (Å²) in [7, 11) is 0. The van der Waals surface area contributed by atoms with Crippen LogP contribution in [0, 0.1) is 0 Å². The first-order chi connectivity index (χ1) is 15.5. The summed E-state index contributed by atoms with van der Waals surface area (Å²) in [6.45, 7) is 3.77. The van der Waals surface area contributed by atoms with E-state index in [0.717, 1.165) is 19.3 Å². The number of nitrogens with one attached hydrogen (secondary N) is 2. The Bertz CT molecular complexity index is 959. The zero-order valence-corrected chi connectivity index (χ0v) is 18.3. The van der Waals surface area contributed by atoms with Crippen molar-refractivity contribution >= 4 is 11.8 Å². The summed E-state index contributed by atoms with van der Waals surface area (Å²) in [4.78, 5) is 30.1. The number of rotatable bonds is 6. The van der Waals surface area contributed by atoms with Gasteiger partial charge >= 0.3 is 0 Å². The van der Waals surface area contributed by atoms with Gasteiger partial charge in [0.25, 0.3) is 5.91 Å². The van der Waals surface area contributed by atoms with Gasteiger partial charge in [-0.2, -0.15) is 0 Å². The lowest BCUT2D eigenvalue weighted by molar-refractivity contribution is -0.130. The molecule has 2 aromatic rings. The molecule has 1 unspecified atom stereocenters. The molecule has 1 saturated heterocycles. The van der Waals surface area contributed by atoms with Crippen LogP contribution in [0.15, 0.2) is 42.6 Å². The monoisotopic (exact) mass is 438 g/mol. The third kappa shape index (κ3) is 5.44. The zero-order chi connectivity index (χ0) is 22.5. The van der Waals surface area contributed by atoms with Crippen LogP contribution in [0.25, 0.3) is 0 Å². The summed E-state index contributed by atoms with van der Waals surface area (Å²) < 4.78 is 5.94. The minimum atomic E-state index is -0.698. The number of hydrogen-bond donors (Lipinski definition) is 3. The van der Waals surface area contributed by atoms with Gasteiger partial charge in [0.05, 0.1) is 6.10 Å². The Morgan fingerprint density at radius 3 is 2.75 bits per heavy atom. The van der Waals surface area contributed by atoms with E-state index in [9.17, 15) is 14.7 Å². The van der Waals surface area contributed by atoms with Crippen LogP contribution >= 0.6 is 0 Å². The van der Waals surface area contributed by atoms with E-state index in [1.807, 2.05) is 17.0 Å². The third-order valence-electron chi connectivity index (χ3n) is 6.22. The molecule has 3 heterocycles. The molecule has 8 nitrogen and oxygen atoms in total. The minimum absolute atomic E-state index is 0.0292. The number of piperidine rings is 1. The number of benzene rings is 1. The fraction of sp³-hybridized carbons (Fsp3) is 0.458. The number of carbonyl (C=O) groups is 2. The van der Waals surface area contributed by atoms with Gasteiger partial charge in [0.15, 0.2) is 0 Å². The molecule has 2 atom stereocenters. The number of fused-ring (bicyclic) bond motifs is 1. The summed E-state index contributed by atoms with van der Waals surface area (Å²) >= 11 is 0. The highest BCUT2D eigenvalue weighted by Crippen LogP contribution is 2.19. The number of aliphatic hydroxyl groups excluding tert-OH is 1. The molecular formula is C24H30N4O4. The smallest absolute Gasteiger partial charge is 0.251 e. The molecule has 2 aliphatic rings. The molecular weight excluding hydrogens is 408 g/mol. The van der Waals surface area contributed by atoms with Crippen LogP contribution in [0.3, 0.4) is 0 Å². The van der Waals surface area contributed by atoms with Gasteiger partial charge in [0.2, 0.25) is 11.8 Å². The molecule has 0 spiro atoms. The van der Waals surface area contributed by atoms with E-state index in [0.29, 0.717) is 31.1 Å². The first kappa shape index (κ1) is 22.2. The van der Waals surface area contributed by atoms with Gasteiger partial charge < -0.3 is 25.4 Å². The van der Waals surface area contributed by atoms with Crippen molar-refractivity contribution in [2.75, 3.05) is 19.6 Å². The van der Waals surface area contributed by atoms with Crippen LogP contribution in [0.5, 0.6) is 5.88 Å². The largest absolute Gasteiger partial charge is 0.474 e. The van der Waals surface area contributed by atoms with Gasteiger partial charge in [-0.1, -0.05) is 24.3 Å². The normalized spacial score (nSPS) is 19.7. The average molecular weight is 439 g/mol. The predicted octanol–water partition coefficient (Wildman–Crippen LogP) is 1.28. The molecule has 0 radical (unpaired) electrons. The molecule has 0 bridgehead atoms. The number of likely N-dealkylation sites (tertiary alicyclic amines) is 1. The lowest BCUT2D eigenvalue weighted by atomic mass is 9.93. The topological polar surface area (TPSA) is 104 Å². The number of nitrogens with zero attached hydrogens (tertiary/aromatic N) is 2. The minimum Gasteiger partial charge on any atom is -0.474 e. The molecule has 0 saturated carbocycles. The highest BCUT2D eigenvalue weighted by molar-refractivity contribution is 5.94. The zero-order valence-electron chi connectivity index (χ0n) is 18.3. The summed E-state index contributed by atoms with van der Waals surface area (Å²) in [6, 6.07) is 11.3. The maximum absolute atomic E-state index is 12.6. The Labute approximate surface area is 188 Å². The fourth-order valence-electron chi connectivity index (χ4n) is 4.27. The van der Waals surface area contributed by atoms with Crippen LogP contribution in [-0.2, 0) is 17.8 Å². The van der Waals surface area contributed by atoms with E-state index in [1.54, 1.807) is 25.3 Å². The summed E-state index contributed by atoms with van der Waals surface area (Å²) in [6.07, 6.45) is 3.02. The van der Waals surface area contributed by atoms with E-state index in [1.165, 1.54) is 11.1 Å². The number of aromatic nitrogens is 1. The van der Waals surface area contributed by atoms with Crippen LogP contribution in [0.2, 0.25) is 0 Å². The maximum Gasteiger partial charge on any atom is 0.251 e. The molecule has 2 aliphatic heterocycles. The van der Waals surface area contributed by atoms with E-state index in [-0.39, 0.29) is 30.5 Å². The predicted molar refractivity (Wildman–Crippen MR) is 119 cm³/mol. The second kappa shape index (κ2) is 10.1. The van der Waals surface area contributed by atoms with Gasteiger partial charge in [-0.05, 0) is 23.6 Å². The van der Waals surface area contributed by atoms with Gasteiger partial charge in [0, 0.05) is 69.8 Å². The summed E-state index contributed by atoms with van der Waals surface area (Å²) in [5.74, 6) is 0.194. The van der Waals surface area contributed by atoms with E-state index in [4.69, 9.17) is 4.74 Å². The quantitative estimate of drug-likeness (QED) is 0.628. The average Bonchev–Trinajstić information content (AvgIpc) is 2.82. The molecule has 2 amide bonds. The third-order valence-corrected chi connectivity index (χ3v) is 6.22. The fourth-order valence-corrected chi connectivity index (χ4v) is 4.27. The molecule has 1 aromatic heterocycles. The van der Waals surface area contributed by atoms with Crippen molar-refractivity contribution in [2.45, 2.75) is 51.0 Å². The van der Waals surface area contributed by atoms with Crippen LogP contribution in [-0.4, -0.2) is 64.7 Å². The van der Waals surface area contributed by atoms with Crippen molar-refractivity contribution < 1.29 is 19.4 Å². The molecule has 32 heavy (non-hydrogen) atoms. The molecule has 4 rings (SSSR count). The summed E-state index contributed by atoms with van der Waals surface area (Å²) in [5, 5.41) is 16.7. The van der Waals surface area contributed by atoms with Crippen molar-refractivity contribution in [1.29, 1.82) is 0 Å². The second-order valence-corrected chi connectivity index (χ2v) is 8.44. The Morgan fingerprint density at radius 2 is 2.00 bits per heavy atom. The number of ether oxygens (including phenoxy) is 1. The first-order valence-electron chi connectivity index (χ1n) is 11.1. The number of pyridine rings is 1. The lowest BCUT2D eigenvalue weighted by Crippen LogP contribution is -2.49. The molecule has 0 aliphatic carbocycles. The maximum atomic E-state index is 12.6. The Hall–Kier alpha value is -2.97. The number of hydrogen-bond acceptors (Lipinski definition) is 6. The van der Waals surface area contributed by atoms with Crippen molar-refractivity contribution in [3.8, 4) is 5.88 Å². The highest BCUT2D eigenvalue weighted by Gasteiger charge is 2.25. The van der Waals surface area contributed by atoms with Gasteiger partial charge in [-0.15, -0.1) is 0 Å². The number of carbonyl (C=O) groups excluding carboxylic acids is 2. The van der Waals surface area contributed by atoms with Crippen LogP contribution in [0.4, 0.5) is 0 Å². The Morgan fingerprint density at radius 1 is 1.25 bits per heavy atom. The van der Waals surface area contributed by atoms with Crippen LogP contribution < -0.4 is 15.4 Å². The standard InChI is InChI=1S/C24H30N4O4/c1-16(29)28-10-7-20(8-11-28)32-23-13-18(6-9-25-23)24(31)27-15-22(30)21-12-17-4-2-3-5-19(17)14-26-21/h2-6,9,13,20-22,26,30H,7-8,10-12,14-15H2,1H3,(H,27,31)/t21-,22?/m0/s1. The first-order valence-corrected chi connectivity index (χ1v) is 11.1. The van der Waals surface area contributed by atoms with Crippen LogP contribution in [0.1, 0.15) is 41.3 Å². The summed E-state index contributed by atoms with van der Waals surface area (Å²) in [5.41, 5.74) is 2.91. The van der Waals surface area contributed by atoms with Gasteiger partial charge in [-0.25, -0.2) is 4.98 Å². The van der Waals surface area contributed by atoms with Crippen molar-refractivity contribution in [3.05, 3.63) is 59.3 Å². The van der Waals surface area contributed by atoms with Crippen molar-refractivity contribution in [1.82, 2.24) is 20.5 Å². The van der Waals surface area contributed by atoms with Crippen molar-refractivity contribution in [2.24, 2.45) is 0 Å². The van der Waals surface area contributed by atoms with E-state index < -0.39 is 6.10 Å². The van der Waals surface area contributed by atoms with E-state index in [2.05, 4.69) is 27.8 Å². The molecule has 3 N–H and O–H groups in total. The van der Waals surface area contributed by atoms with Gasteiger partial charge in [-0.3, -0.25) is 9.59 Å². The molecule has 1 fully saturated rings. The molecule has 8 heteroatoms. The molecule has 170 valence electrons. The van der Waals surface area contributed by atoms with E-state index >= 15 is 0 Å². The van der Waals surface area contributed by atoms with Crippen molar-refractivity contribution in [3.63, 3.8) is 0 Å². The SMILES string of the molecule is CC(=O)N1CCC(Oc2cc(C(=O)NCC(O)[C@@H]3Cc4ccccc4CN3)ccn2)CC1. The van der Waals surface area contributed by atoms with Gasteiger partial charge in [0.1, 0.15) is 6.10 Å². The number of aliphatic hydroxyl groups is 1. The highest BCUT2D eigenvalue weighted by atomic mass is 16.5. The number of amides is 2. The molecule has 1 aromatic carbocycles. The second-order valence-electron chi connectivity index (χ2n) is 8.44. The lowest BCUT2D eigenvalue weighted by Gasteiger charge is -2.31. The Balaban J connectivity index is 1.27.